The van der Waals surface area contributed by atoms with E-state index in [1.54, 1.807) is 30.7 Å². The second-order valence-electron chi connectivity index (χ2n) is 6.36. The molecule has 25 heavy (non-hydrogen) atoms. The molecule has 6 heteroatoms. The first-order valence-electron chi connectivity index (χ1n) is 8.47. The number of rotatable bonds is 3. The van der Waals surface area contributed by atoms with Crippen LogP contribution in [0.1, 0.15) is 44.2 Å². The Morgan fingerprint density at radius 2 is 2.08 bits per heavy atom. The maximum atomic E-state index is 12.5. The lowest BCUT2D eigenvalue weighted by molar-refractivity contribution is -0.118. The number of amides is 1. The SMILES string of the molecule is Nc1nccc(C#CC2(CC(=O)Nc3cccnc3)CCCCC2)n1. The van der Waals surface area contributed by atoms with Crippen LogP contribution in [0.4, 0.5) is 11.6 Å². The summed E-state index contributed by atoms with van der Waals surface area (Å²) in [6.07, 6.45) is 10.5. The van der Waals surface area contributed by atoms with E-state index in [4.69, 9.17) is 5.73 Å². The molecule has 0 bridgehead atoms. The number of hydrogen-bond acceptors (Lipinski definition) is 5. The molecule has 0 spiro atoms. The summed E-state index contributed by atoms with van der Waals surface area (Å²) in [5, 5.41) is 2.91. The van der Waals surface area contributed by atoms with Crippen LogP contribution in [-0.4, -0.2) is 20.9 Å². The molecule has 6 nitrogen and oxygen atoms in total. The van der Waals surface area contributed by atoms with Gasteiger partial charge < -0.3 is 11.1 Å². The minimum Gasteiger partial charge on any atom is -0.368 e. The average molecular weight is 335 g/mol. The quantitative estimate of drug-likeness (QED) is 0.841. The van der Waals surface area contributed by atoms with Crippen LogP contribution in [0.2, 0.25) is 0 Å². The van der Waals surface area contributed by atoms with Crippen molar-refractivity contribution in [3.8, 4) is 11.8 Å². The van der Waals surface area contributed by atoms with Crippen molar-refractivity contribution in [1.82, 2.24) is 15.0 Å². The lowest BCUT2D eigenvalue weighted by Crippen LogP contribution is -2.28. The molecule has 128 valence electrons. The van der Waals surface area contributed by atoms with Gasteiger partial charge in [-0.3, -0.25) is 9.78 Å². The summed E-state index contributed by atoms with van der Waals surface area (Å²) in [5.74, 6) is 6.59. The van der Waals surface area contributed by atoms with E-state index >= 15 is 0 Å². The topological polar surface area (TPSA) is 93.8 Å². The molecule has 1 aliphatic carbocycles. The van der Waals surface area contributed by atoms with Crippen molar-refractivity contribution < 1.29 is 4.79 Å². The maximum Gasteiger partial charge on any atom is 0.225 e. The van der Waals surface area contributed by atoms with E-state index in [1.807, 2.05) is 6.07 Å². The van der Waals surface area contributed by atoms with Gasteiger partial charge >= 0.3 is 0 Å². The first-order chi connectivity index (χ1) is 12.2. The second kappa shape index (κ2) is 7.75. The Kier molecular flexibility index (Phi) is 5.24. The van der Waals surface area contributed by atoms with Gasteiger partial charge in [-0.05, 0) is 37.0 Å². The molecule has 0 unspecified atom stereocenters. The lowest BCUT2D eigenvalue weighted by Gasteiger charge is -2.31. The normalized spacial score (nSPS) is 15.7. The van der Waals surface area contributed by atoms with Gasteiger partial charge in [0.2, 0.25) is 11.9 Å². The van der Waals surface area contributed by atoms with Crippen LogP contribution in [0.5, 0.6) is 0 Å². The molecule has 3 rings (SSSR count). The van der Waals surface area contributed by atoms with E-state index < -0.39 is 0 Å². The minimum atomic E-state index is -0.315. The van der Waals surface area contributed by atoms with Crippen LogP contribution in [0.3, 0.4) is 0 Å². The van der Waals surface area contributed by atoms with E-state index in [-0.39, 0.29) is 17.3 Å². The molecule has 1 aliphatic rings. The van der Waals surface area contributed by atoms with Gasteiger partial charge in [0.05, 0.1) is 11.9 Å². The molecular formula is C19H21N5O. The number of aromatic nitrogens is 3. The molecule has 1 fully saturated rings. The zero-order valence-corrected chi connectivity index (χ0v) is 14.0. The van der Waals surface area contributed by atoms with Gasteiger partial charge in [-0.15, -0.1) is 0 Å². The molecule has 1 saturated carbocycles. The van der Waals surface area contributed by atoms with Crippen LogP contribution in [0.15, 0.2) is 36.8 Å². The van der Waals surface area contributed by atoms with Crippen molar-refractivity contribution in [2.24, 2.45) is 5.41 Å². The third-order valence-corrected chi connectivity index (χ3v) is 4.38. The second-order valence-corrected chi connectivity index (χ2v) is 6.36. The van der Waals surface area contributed by atoms with Crippen molar-refractivity contribution in [1.29, 1.82) is 0 Å². The monoisotopic (exact) mass is 335 g/mol. The van der Waals surface area contributed by atoms with E-state index in [0.717, 1.165) is 25.7 Å². The fourth-order valence-electron chi connectivity index (χ4n) is 3.16. The number of nitrogen functional groups attached to an aromatic ring is 1. The van der Waals surface area contributed by atoms with Crippen LogP contribution < -0.4 is 11.1 Å². The van der Waals surface area contributed by atoms with Gasteiger partial charge in [0, 0.05) is 24.2 Å². The smallest absolute Gasteiger partial charge is 0.225 e. The molecule has 0 radical (unpaired) electrons. The highest BCUT2D eigenvalue weighted by Crippen LogP contribution is 2.39. The van der Waals surface area contributed by atoms with Crippen molar-refractivity contribution in [3.63, 3.8) is 0 Å². The molecule has 0 saturated heterocycles. The lowest BCUT2D eigenvalue weighted by atomic mass is 9.72. The largest absolute Gasteiger partial charge is 0.368 e. The molecule has 1 amide bonds. The highest BCUT2D eigenvalue weighted by Gasteiger charge is 2.32. The Morgan fingerprint density at radius 1 is 1.24 bits per heavy atom. The minimum absolute atomic E-state index is 0.0357. The van der Waals surface area contributed by atoms with Crippen LogP contribution in [0.25, 0.3) is 0 Å². The number of hydrogen-bond donors (Lipinski definition) is 2. The molecule has 2 heterocycles. The van der Waals surface area contributed by atoms with E-state index in [0.29, 0.717) is 17.8 Å². The van der Waals surface area contributed by atoms with E-state index in [1.165, 1.54) is 6.42 Å². The van der Waals surface area contributed by atoms with E-state index in [9.17, 15) is 4.79 Å². The number of carbonyl (C=O) groups is 1. The summed E-state index contributed by atoms with van der Waals surface area (Å²) in [4.78, 5) is 24.5. The molecule has 0 aromatic carbocycles. The molecule has 3 N–H and O–H groups in total. The van der Waals surface area contributed by atoms with Crippen molar-refractivity contribution in [2.75, 3.05) is 11.1 Å². The van der Waals surface area contributed by atoms with Gasteiger partial charge in [-0.1, -0.05) is 25.2 Å². The van der Waals surface area contributed by atoms with Crippen LogP contribution >= 0.6 is 0 Å². The molecule has 0 atom stereocenters. The van der Waals surface area contributed by atoms with Gasteiger partial charge in [0.15, 0.2) is 0 Å². The fourth-order valence-corrected chi connectivity index (χ4v) is 3.16. The van der Waals surface area contributed by atoms with Gasteiger partial charge in [-0.25, -0.2) is 9.97 Å². The Morgan fingerprint density at radius 3 is 2.80 bits per heavy atom. The number of pyridine rings is 1. The summed E-state index contributed by atoms with van der Waals surface area (Å²) in [6.45, 7) is 0. The summed E-state index contributed by atoms with van der Waals surface area (Å²) >= 11 is 0. The number of nitrogens with zero attached hydrogens (tertiary/aromatic N) is 3. The number of anilines is 2. The fraction of sp³-hybridized carbons (Fsp3) is 0.368. The third kappa shape index (κ3) is 4.77. The Balaban J connectivity index is 1.76. The predicted octanol–water partition coefficient (Wildman–Crippen LogP) is 2.78. The van der Waals surface area contributed by atoms with Crippen molar-refractivity contribution in [2.45, 2.75) is 38.5 Å². The molecular weight excluding hydrogens is 314 g/mol. The van der Waals surface area contributed by atoms with Gasteiger partial charge in [-0.2, -0.15) is 0 Å². The van der Waals surface area contributed by atoms with Crippen molar-refractivity contribution in [3.05, 3.63) is 42.5 Å². The zero-order valence-electron chi connectivity index (χ0n) is 14.0. The Bertz CT molecular complexity index is 788. The summed E-state index contributed by atoms with van der Waals surface area (Å²) in [6, 6.07) is 5.36. The third-order valence-electron chi connectivity index (χ3n) is 4.38. The van der Waals surface area contributed by atoms with Crippen LogP contribution in [-0.2, 0) is 4.79 Å². The maximum absolute atomic E-state index is 12.5. The average Bonchev–Trinajstić information content (AvgIpc) is 2.62. The number of nitrogens with one attached hydrogen (secondary N) is 1. The van der Waals surface area contributed by atoms with Crippen molar-refractivity contribution >= 4 is 17.5 Å². The van der Waals surface area contributed by atoms with Gasteiger partial charge in [0.25, 0.3) is 0 Å². The summed E-state index contributed by atoms with van der Waals surface area (Å²) in [7, 11) is 0. The summed E-state index contributed by atoms with van der Waals surface area (Å²) in [5.41, 5.74) is 6.58. The van der Waals surface area contributed by atoms with Crippen LogP contribution in [0, 0.1) is 17.3 Å². The summed E-state index contributed by atoms with van der Waals surface area (Å²) < 4.78 is 0. The standard InChI is InChI=1S/C19H21N5O/c20-18-22-12-7-15(24-18)6-10-19(8-2-1-3-9-19)13-17(25)23-16-5-4-11-21-14-16/h4-5,7,11-12,14H,1-3,8-9,13H2,(H,23,25)(H2,20,22,24). The predicted molar refractivity (Wildman–Crippen MR) is 96.3 cm³/mol. The highest BCUT2D eigenvalue weighted by atomic mass is 16.1. The van der Waals surface area contributed by atoms with E-state index in [2.05, 4.69) is 32.1 Å². The first-order valence-corrected chi connectivity index (χ1v) is 8.47. The number of carbonyl (C=O) groups excluding carboxylic acids is 1. The van der Waals surface area contributed by atoms with Gasteiger partial charge in [0.1, 0.15) is 5.69 Å². The molecule has 0 aliphatic heterocycles. The number of nitrogens with two attached hydrogens (primary N) is 1. The first kappa shape index (κ1) is 16.9. The molecule has 2 aromatic rings. The zero-order chi connectivity index (χ0) is 17.5. The highest BCUT2D eigenvalue weighted by molar-refractivity contribution is 5.91. The Hall–Kier alpha value is -2.94. The molecule has 2 aromatic heterocycles. The Labute approximate surface area is 147 Å².